The second kappa shape index (κ2) is 3.97. The summed E-state index contributed by atoms with van der Waals surface area (Å²) < 4.78 is 0.332. The minimum atomic E-state index is 0.332. The minimum Gasteiger partial charge on any atom is -0.0706 e. The molecule has 0 bridgehead atoms. The van der Waals surface area contributed by atoms with Crippen LogP contribution in [-0.2, 0) is 0 Å². The van der Waals surface area contributed by atoms with Crippen LogP contribution in [0.1, 0.15) is 18.1 Å². The van der Waals surface area contributed by atoms with Crippen molar-refractivity contribution in [1.82, 2.24) is 0 Å². The molecule has 0 aromatic heterocycles. The molecule has 0 N–H and O–H groups in total. The first-order valence-corrected chi connectivity index (χ1v) is 4.46. The second-order valence-electron chi connectivity index (χ2n) is 2.75. The summed E-state index contributed by atoms with van der Waals surface area (Å²) in [6.45, 7) is 3.95. The van der Waals surface area contributed by atoms with Crippen molar-refractivity contribution >= 4 is 28.8 Å². The van der Waals surface area contributed by atoms with Crippen LogP contribution in [0.3, 0.4) is 0 Å². The zero-order valence-electron chi connectivity index (χ0n) is 7.07. The number of hydrogen-bond donors (Lipinski definition) is 0. The molecule has 12 heavy (non-hydrogen) atoms. The first-order chi connectivity index (χ1) is 5.61. The zero-order chi connectivity index (χ0) is 9.14. The van der Waals surface area contributed by atoms with Crippen molar-refractivity contribution in [3.63, 3.8) is 0 Å². The quantitative estimate of drug-likeness (QED) is 0.639. The maximum atomic E-state index is 5.65. The molecule has 0 nitrogen and oxygen atoms in total. The number of rotatable bonds is 1. The Morgan fingerprint density at radius 1 is 1.08 bits per heavy atom. The van der Waals surface area contributed by atoms with Crippen LogP contribution >= 0.6 is 23.2 Å². The third-order valence-electron chi connectivity index (χ3n) is 1.77. The van der Waals surface area contributed by atoms with Gasteiger partial charge in [0.1, 0.15) is 4.49 Å². The Hall–Kier alpha value is -0.460. The molecule has 0 spiro atoms. The predicted octanol–water partition coefficient (Wildman–Crippen LogP) is 4.16. The molecule has 0 fully saturated rings. The summed E-state index contributed by atoms with van der Waals surface area (Å²) in [6, 6.07) is 8.09. The summed E-state index contributed by atoms with van der Waals surface area (Å²) >= 11 is 11.3. The van der Waals surface area contributed by atoms with Crippen molar-refractivity contribution in [3.05, 3.63) is 39.9 Å². The summed E-state index contributed by atoms with van der Waals surface area (Å²) in [7, 11) is 0. The molecule has 0 radical (unpaired) electrons. The fraction of sp³-hybridized carbons (Fsp3) is 0.200. The average Bonchev–Trinajstić information content (AvgIpc) is 2.04. The van der Waals surface area contributed by atoms with Crippen LogP contribution in [0.5, 0.6) is 0 Å². The fourth-order valence-electron chi connectivity index (χ4n) is 0.913. The van der Waals surface area contributed by atoms with E-state index in [9.17, 15) is 0 Å². The third kappa shape index (κ3) is 2.26. The lowest BCUT2D eigenvalue weighted by atomic mass is 10.1. The largest absolute Gasteiger partial charge is 0.110 e. The van der Waals surface area contributed by atoms with Crippen molar-refractivity contribution in [2.45, 2.75) is 13.8 Å². The molecule has 0 heterocycles. The predicted molar refractivity (Wildman–Crippen MR) is 55.5 cm³/mol. The van der Waals surface area contributed by atoms with Gasteiger partial charge in [0.15, 0.2) is 0 Å². The Bertz CT molecular complexity index is 292. The summed E-state index contributed by atoms with van der Waals surface area (Å²) in [6.07, 6.45) is 0. The first kappa shape index (κ1) is 9.63. The van der Waals surface area contributed by atoms with Crippen molar-refractivity contribution in [3.8, 4) is 0 Å². The van der Waals surface area contributed by atoms with E-state index in [-0.39, 0.29) is 0 Å². The summed E-state index contributed by atoms with van der Waals surface area (Å²) in [5.74, 6) is 0. The van der Waals surface area contributed by atoms with Gasteiger partial charge in [-0.15, -0.1) is 0 Å². The number of hydrogen-bond acceptors (Lipinski definition) is 0. The monoisotopic (exact) mass is 200 g/mol. The van der Waals surface area contributed by atoms with Crippen molar-refractivity contribution in [1.29, 1.82) is 0 Å². The highest BCUT2D eigenvalue weighted by Gasteiger charge is 1.98. The lowest BCUT2D eigenvalue weighted by Crippen LogP contribution is -1.80. The topological polar surface area (TPSA) is 0 Å². The molecule has 0 saturated heterocycles. The number of allylic oxidation sites excluding steroid dienone is 1. The van der Waals surface area contributed by atoms with E-state index < -0.39 is 0 Å². The summed E-state index contributed by atoms with van der Waals surface area (Å²) in [4.78, 5) is 0. The maximum absolute atomic E-state index is 5.65. The zero-order valence-corrected chi connectivity index (χ0v) is 8.58. The van der Waals surface area contributed by atoms with E-state index in [1.165, 1.54) is 5.56 Å². The molecular weight excluding hydrogens is 191 g/mol. The minimum absolute atomic E-state index is 0.332. The van der Waals surface area contributed by atoms with E-state index in [2.05, 4.69) is 0 Å². The van der Waals surface area contributed by atoms with Gasteiger partial charge in [-0.25, -0.2) is 0 Å². The third-order valence-corrected chi connectivity index (χ3v) is 2.33. The molecule has 0 saturated carbocycles. The van der Waals surface area contributed by atoms with Crippen LogP contribution in [0.25, 0.3) is 5.57 Å². The molecule has 0 unspecified atom stereocenters. The van der Waals surface area contributed by atoms with Gasteiger partial charge in [0.05, 0.1) is 0 Å². The van der Waals surface area contributed by atoms with Gasteiger partial charge in [-0.2, -0.15) is 0 Å². The van der Waals surface area contributed by atoms with Crippen LogP contribution in [0.2, 0.25) is 0 Å². The normalized spacial score (nSPS) is 9.67. The van der Waals surface area contributed by atoms with E-state index in [0.29, 0.717) is 4.49 Å². The Balaban J connectivity index is 3.06. The fourth-order valence-corrected chi connectivity index (χ4v) is 1.13. The Labute approximate surface area is 82.8 Å². The van der Waals surface area contributed by atoms with E-state index in [1.807, 2.05) is 38.1 Å². The lowest BCUT2D eigenvalue weighted by Gasteiger charge is -2.01. The molecule has 0 aliphatic carbocycles. The Morgan fingerprint density at radius 2 is 1.58 bits per heavy atom. The second-order valence-corrected chi connectivity index (χ2v) is 3.70. The smallest absolute Gasteiger partial charge is 0.0706 e. The van der Waals surface area contributed by atoms with E-state index >= 15 is 0 Å². The molecule has 1 aromatic rings. The van der Waals surface area contributed by atoms with Gasteiger partial charge < -0.3 is 0 Å². The van der Waals surface area contributed by atoms with Crippen molar-refractivity contribution in [2.75, 3.05) is 0 Å². The van der Waals surface area contributed by atoms with E-state index in [1.54, 1.807) is 0 Å². The molecular formula is C10H10Cl2. The number of benzene rings is 1. The molecule has 1 rings (SSSR count). The van der Waals surface area contributed by atoms with Gasteiger partial charge in [-0.3, -0.25) is 0 Å². The van der Waals surface area contributed by atoms with Crippen LogP contribution in [-0.4, -0.2) is 0 Å². The van der Waals surface area contributed by atoms with Crippen LogP contribution in [0, 0.1) is 6.92 Å². The molecule has 0 atom stereocenters. The first-order valence-electron chi connectivity index (χ1n) is 3.70. The standard InChI is InChI=1S/C10H10Cl2/c1-7-3-5-9(6-4-7)8(2)10(11)12/h3-6H,1-2H3. The Morgan fingerprint density at radius 3 is 2.00 bits per heavy atom. The van der Waals surface area contributed by atoms with E-state index in [0.717, 1.165) is 11.1 Å². The Kier molecular flexibility index (Phi) is 3.19. The molecule has 0 aliphatic heterocycles. The van der Waals surface area contributed by atoms with Crippen LogP contribution in [0.15, 0.2) is 28.8 Å². The van der Waals surface area contributed by atoms with Gasteiger partial charge >= 0.3 is 0 Å². The lowest BCUT2D eigenvalue weighted by molar-refractivity contribution is 1.44. The summed E-state index contributed by atoms with van der Waals surface area (Å²) in [5.41, 5.74) is 3.22. The van der Waals surface area contributed by atoms with E-state index in [4.69, 9.17) is 23.2 Å². The number of aryl methyl sites for hydroxylation is 1. The molecule has 0 amide bonds. The highest BCUT2D eigenvalue weighted by atomic mass is 35.5. The SMILES string of the molecule is CC(=C(Cl)Cl)c1ccc(C)cc1. The molecule has 1 aromatic carbocycles. The molecule has 64 valence electrons. The van der Waals surface area contributed by atoms with Crippen LogP contribution in [0.4, 0.5) is 0 Å². The van der Waals surface area contributed by atoms with Crippen LogP contribution < -0.4 is 0 Å². The van der Waals surface area contributed by atoms with Gasteiger partial charge in [-0.1, -0.05) is 53.0 Å². The summed E-state index contributed by atoms with van der Waals surface area (Å²) in [5, 5.41) is 0. The average molecular weight is 201 g/mol. The molecule has 0 aliphatic rings. The van der Waals surface area contributed by atoms with Crippen molar-refractivity contribution in [2.24, 2.45) is 0 Å². The maximum Gasteiger partial charge on any atom is 0.110 e. The van der Waals surface area contributed by atoms with Gasteiger partial charge in [0.2, 0.25) is 0 Å². The van der Waals surface area contributed by atoms with Gasteiger partial charge in [0, 0.05) is 0 Å². The number of halogens is 2. The molecule has 2 heteroatoms. The van der Waals surface area contributed by atoms with Gasteiger partial charge in [0.25, 0.3) is 0 Å². The highest BCUT2D eigenvalue weighted by molar-refractivity contribution is 6.58. The highest BCUT2D eigenvalue weighted by Crippen LogP contribution is 2.23. The van der Waals surface area contributed by atoms with Gasteiger partial charge in [-0.05, 0) is 25.0 Å². The van der Waals surface area contributed by atoms with Crippen molar-refractivity contribution < 1.29 is 0 Å².